The lowest BCUT2D eigenvalue weighted by molar-refractivity contribution is 0.00849. The van der Waals surface area contributed by atoms with Gasteiger partial charge in [0.1, 0.15) is 0 Å². The molecule has 1 aliphatic heterocycles. The van der Waals surface area contributed by atoms with Crippen molar-refractivity contribution in [2.24, 2.45) is 5.73 Å². The molecule has 1 amide bonds. The van der Waals surface area contributed by atoms with Gasteiger partial charge in [0.2, 0.25) is 0 Å². The highest BCUT2D eigenvalue weighted by Crippen LogP contribution is 2.25. The lowest BCUT2D eigenvalue weighted by atomic mass is 10.0. The van der Waals surface area contributed by atoms with Crippen LogP contribution in [0.1, 0.15) is 55.1 Å². The van der Waals surface area contributed by atoms with Crippen molar-refractivity contribution >= 4 is 16.8 Å². The second-order valence-corrected chi connectivity index (χ2v) is 7.27. The number of rotatable bonds is 6. The van der Waals surface area contributed by atoms with Crippen LogP contribution in [0.2, 0.25) is 0 Å². The second kappa shape index (κ2) is 8.60. The van der Waals surface area contributed by atoms with Crippen molar-refractivity contribution in [2.75, 3.05) is 26.2 Å². The fourth-order valence-electron chi connectivity index (χ4n) is 3.40. The Kier molecular flexibility index (Phi) is 6.22. The Balaban J connectivity index is 1.76. The lowest BCUT2D eigenvalue weighted by Gasteiger charge is -2.32. The van der Waals surface area contributed by atoms with Gasteiger partial charge in [-0.05, 0) is 43.9 Å². The maximum atomic E-state index is 13.2. The van der Waals surface area contributed by atoms with Gasteiger partial charge in [-0.3, -0.25) is 9.78 Å². The molecule has 0 atom stereocenters. The zero-order valence-electron chi connectivity index (χ0n) is 15.8. The number of carbonyl (C=O) groups is 1. The average Bonchev–Trinajstić information content (AvgIpc) is 2.67. The van der Waals surface area contributed by atoms with Gasteiger partial charge < -0.3 is 15.4 Å². The van der Waals surface area contributed by atoms with Crippen LogP contribution in [0.3, 0.4) is 0 Å². The molecule has 0 saturated carbocycles. The van der Waals surface area contributed by atoms with Crippen molar-refractivity contribution in [1.29, 1.82) is 0 Å². The van der Waals surface area contributed by atoms with Crippen LogP contribution in [0.5, 0.6) is 0 Å². The number of piperidine rings is 1. The van der Waals surface area contributed by atoms with Crippen LogP contribution in [0.25, 0.3) is 10.9 Å². The molecule has 1 saturated heterocycles. The summed E-state index contributed by atoms with van der Waals surface area (Å²) < 4.78 is 5.85. The molecule has 0 radical (unpaired) electrons. The first-order chi connectivity index (χ1) is 12.6. The summed E-state index contributed by atoms with van der Waals surface area (Å²) in [5, 5.41) is 0.934. The maximum Gasteiger partial charge on any atom is 0.254 e. The number of likely N-dealkylation sites (tertiary alicyclic amines) is 1. The van der Waals surface area contributed by atoms with E-state index in [4.69, 9.17) is 15.5 Å². The quantitative estimate of drug-likeness (QED) is 0.807. The van der Waals surface area contributed by atoms with E-state index in [0.29, 0.717) is 13.2 Å². The fourth-order valence-corrected chi connectivity index (χ4v) is 3.40. The summed E-state index contributed by atoms with van der Waals surface area (Å²) in [5.41, 5.74) is 8.13. The molecule has 0 bridgehead atoms. The molecule has 1 aromatic carbocycles. The van der Waals surface area contributed by atoms with Gasteiger partial charge in [0.15, 0.2) is 0 Å². The van der Waals surface area contributed by atoms with E-state index in [1.807, 2.05) is 35.2 Å². The van der Waals surface area contributed by atoms with Gasteiger partial charge in [-0.1, -0.05) is 32.0 Å². The van der Waals surface area contributed by atoms with Crippen molar-refractivity contribution < 1.29 is 9.53 Å². The number of ether oxygens (including phenoxy) is 1. The van der Waals surface area contributed by atoms with E-state index in [0.717, 1.165) is 54.5 Å². The molecule has 0 unspecified atom stereocenters. The first-order valence-electron chi connectivity index (χ1n) is 9.60. The summed E-state index contributed by atoms with van der Waals surface area (Å²) in [6, 6.07) is 9.88. The van der Waals surface area contributed by atoms with Crippen LogP contribution in [0.15, 0.2) is 30.3 Å². The smallest absolute Gasteiger partial charge is 0.254 e. The average molecular weight is 355 g/mol. The Hall–Kier alpha value is -1.98. The second-order valence-electron chi connectivity index (χ2n) is 7.27. The minimum atomic E-state index is 0.103. The Bertz CT molecular complexity index is 752. The van der Waals surface area contributed by atoms with E-state index in [1.165, 1.54) is 0 Å². The topological polar surface area (TPSA) is 68.5 Å². The summed E-state index contributed by atoms with van der Waals surface area (Å²) in [7, 11) is 0. The van der Waals surface area contributed by atoms with E-state index < -0.39 is 0 Å². The summed E-state index contributed by atoms with van der Waals surface area (Å²) in [4.78, 5) is 19.9. The van der Waals surface area contributed by atoms with E-state index in [1.54, 1.807) is 0 Å². The third-order valence-electron chi connectivity index (χ3n) is 4.99. The van der Waals surface area contributed by atoms with Crippen molar-refractivity contribution in [1.82, 2.24) is 9.88 Å². The zero-order valence-corrected chi connectivity index (χ0v) is 15.8. The highest BCUT2D eigenvalue weighted by atomic mass is 16.5. The third-order valence-corrected chi connectivity index (χ3v) is 4.99. The molecule has 1 fully saturated rings. The largest absolute Gasteiger partial charge is 0.378 e. The predicted molar refractivity (Wildman–Crippen MR) is 104 cm³/mol. The highest BCUT2D eigenvalue weighted by Gasteiger charge is 2.25. The molecule has 2 N–H and O–H groups in total. The molecule has 5 nitrogen and oxygen atoms in total. The van der Waals surface area contributed by atoms with Crippen LogP contribution in [-0.4, -0.2) is 48.1 Å². The Labute approximate surface area is 155 Å². The number of benzene rings is 1. The monoisotopic (exact) mass is 355 g/mol. The molecular weight excluding hydrogens is 326 g/mol. The molecule has 26 heavy (non-hydrogen) atoms. The van der Waals surface area contributed by atoms with Gasteiger partial charge in [0.05, 0.1) is 17.2 Å². The molecule has 140 valence electrons. The molecule has 2 heterocycles. The van der Waals surface area contributed by atoms with Crippen molar-refractivity contribution in [3.05, 3.63) is 41.6 Å². The molecule has 0 spiro atoms. The van der Waals surface area contributed by atoms with Crippen LogP contribution >= 0.6 is 0 Å². The molecule has 2 aromatic rings. The summed E-state index contributed by atoms with van der Waals surface area (Å²) >= 11 is 0. The summed E-state index contributed by atoms with van der Waals surface area (Å²) in [5.74, 6) is 0.388. The number of aromatic nitrogens is 1. The number of nitrogens with zero attached hydrogens (tertiary/aromatic N) is 2. The van der Waals surface area contributed by atoms with Crippen molar-refractivity contribution in [3.8, 4) is 0 Å². The molecule has 5 heteroatoms. The van der Waals surface area contributed by atoms with Gasteiger partial charge in [0.25, 0.3) is 5.91 Å². The predicted octanol–water partition coefficient (Wildman–Crippen LogP) is 3.33. The standard InChI is InChI=1S/C21H29N3O2/c1-15(2)20-14-18(17-6-3-4-7-19(17)23-20)21(25)24-11-8-16(9-12-24)26-13-5-10-22/h3-4,6-7,14-16H,5,8-13,22H2,1-2H3. The van der Waals surface area contributed by atoms with Gasteiger partial charge in [-0.25, -0.2) is 0 Å². The van der Waals surface area contributed by atoms with E-state index in [2.05, 4.69) is 13.8 Å². The normalized spacial score (nSPS) is 15.8. The molecule has 1 aliphatic rings. The van der Waals surface area contributed by atoms with Crippen LogP contribution in [0.4, 0.5) is 0 Å². The maximum absolute atomic E-state index is 13.2. The Morgan fingerprint density at radius 1 is 1.31 bits per heavy atom. The fraction of sp³-hybridized carbons (Fsp3) is 0.524. The SMILES string of the molecule is CC(C)c1cc(C(=O)N2CCC(OCCCN)CC2)c2ccccc2n1. The number of para-hydroxylation sites is 1. The van der Waals surface area contributed by atoms with Gasteiger partial charge in [-0.15, -0.1) is 0 Å². The Morgan fingerprint density at radius 2 is 2.04 bits per heavy atom. The van der Waals surface area contributed by atoms with Gasteiger partial charge in [0, 0.05) is 30.8 Å². The van der Waals surface area contributed by atoms with E-state index in [-0.39, 0.29) is 17.9 Å². The molecule has 0 aliphatic carbocycles. The van der Waals surface area contributed by atoms with E-state index in [9.17, 15) is 4.79 Å². The minimum Gasteiger partial charge on any atom is -0.378 e. The first-order valence-corrected chi connectivity index (χ1v) is 9.60. The number of hydrogen-bond donors (Lipinski definition) is 1. The summed E-state index contributed by atoms with van der Waals surface area (Å²) in [6.45, 7) is 7.05. The van der Waals surface area contributed by atoms with Gasteiger partial charge >= 0.3 is 0 Å². The molecular formula is C21H29N3O2. The first kappa shape index (κ1) is 18.8. The van der Waals surface area contributed by atoms with Crippen LogP contribution < -0.4 is 5.73 Å². The van der Waals surface area contributed by atoms with Gasteiger partial charge in [-0.2, -0.15) is 0 Å². The minimum absolute atomic E-state index is 0.103. The number of hydrogen-bond acceptors (Lipinski definition) is 4. The highest BCUT2D eigenvalue weighted by molar-refractivity contribution is 6.06. The molecule has 3 rings (SSSR count). The van der Waals surface area contributed by atoms with Crippen LogP contribution in [-0.2, 0) is 4.74 Å². The third kappa shape index (κ3) is 4.22. The zero-order chi connectivity index (χ0) is 18.5. The number of fused-ring (bicyclic) bond motifs is 1. The molecule has 1 aromatic heterocycles. The van der Waals surface area contributed by atoms with Crippen molar-refractivity contribution in [3.63, 3.8) is 0 Å². The van der Waals surface area contributed by atoms with Crippen molar-refractivity contribution in [2.45, 2.75) is 45.1 Å². The Morgan fingerprint density at radius 3 is 2.73 bits per heavy atom. The van der Waals surface area contributed by atoms with E-state index >= 15 is 0 Å². The lowest BCUT2D eigenvalue weighted by Crippen LogP contribution is -2.41. The van der Waals surface area contributed by atoms with Crippen LogP contribution in [0, 0.1) is 0 Å². The number of carbonyl (C=O) groups excluding carboxylic acids is 1. The number of nitrogens with two attached hydrogens (primary N) is 1. The summed E-state index contributed by atoms with van der Waals surface area (Å²) in [6.07, 6.45) is 2.90. The number of amides is 1. The number of pyridine rings is 1.